The van der Waals surface area contributed by atoms with E-state index in [1.165, 1.54) is 51.4 Å². The summed E-state index contributed by atoms with van der Waals surface area (Å²) in [5, 5.41) is 9.38. The molecule has 3 unspecified atom stereocenters. The van der Waals surface area contributed by atoms with Crippen LogP contribution in [0.3, 0.4) is 0 Å². The van der Waals surface area contributed by atoms with Gasteiger partial charge in [0, 0.05) is 0 Å². The minimum atomic E-state index is -0.901. The Kier molecular flexibility index (Phi) is 13.0. The molecule has 0 aliphatic heterocycles. The third-order valence-electron chi connectivity index (χ3n) is 6.08. The second kappa shape index (κ2) is 14.6. The Morgan fingerprint density at radius 2 is 1.31 bits per heavy atom. The first-order valence-corrected chi connectivity index (χ1v) is 11.9. The SMILES string of the molecule is CC(C)CCCCCCCCCCC(OC(=O)C1CC=CCC1C(=O)O)C(C)C. The van der Waals surface area contributed by atoms with Gasteiger partial charge in [-0.05, 0) is 37.5 Å². The van der Waals surface area contributed by atoms with Gasteiger partial charge in [0.25, 0.3) is 0 Å². The van der Waals surface area contributed by atoms with Crippen molar-refractivity contribution in [3.8, 4) is 0 Å². The van der Waals surface area contributed by atoms with Crippen LogP contribution in [-0.2, 0) is 14.3 Å². The Bertz CT molecular complexity index is 495. The van der Waals surface area contributed by atoms with Gasteiger partial charge in [0.1, 0.15) is 6.10 Å². The summed E-state index contributed by atoms with van der Waals surface area (Å²) < 4.78 is 5.79. The Hall–Kier alpha value is -1.32. The number of ether oxygens (including phenoxy) is 1. The van der Waals surface area contributed by atoms with Gasteiger partial charge in [0.15, 0.2) is 0 Å². The molecule has 3 atom stereocenters. The molecule has 4 heteroatoms. The molecular weight excluding hydrogens is 364 g/mol. The lowest BCUT2D eigenvalue weighted by Gasteiger charge is -2.28. The molecule has 1 rings (SSSR count). The number of rotatable bonds is 15. The van der Waals surface area contributed by atoms with Crippen LogP contribution in [0.4, 0.5) is 0 Å². The van der Waals surface area contributed by atoms with Gasteiger partial charge in [-0.2, -0.15) is 0 Å². The van der Waals surface area contributed by atoms with Crippen molar-refractivity contribution in [3.05, 3.63) is 12.2 Å². The summed E-state index contributed by atoms with van der Waals surface area (Å²) in [5.41, 5.74) is 0. The van der Waals surface area contributed by atoms with Crippen LogP contribution >= 0.6 is 0 Å². The van der Waals surface area contributed by atoms with Crippen molar-refractivity contribution in [3.63, 3.8) is 0 Å². The van der Waals surface area contributed by atoms with Crippen molar-refractivity contribution in [2.75, 3.05) is 0 Å². The van der Waals surface area contributed by atoms with Crippen molar-refractivity contribution in [1.82, 2.24) is 0 Å². The predicted molar refractivity (Wildman–Crippen MR) is 119 cm³/mol. The standard InChI is InChI=1S/C25H44O4/c1-19(2)15-11-9-7-5-6-8-10-12-18-23(20(3)4)29-25(28)22-17-14-13-16-21(22)24(26)27/h13-14,19-23H,5-12,15-18H2,1-4H3,(H,26,27). The van der Waals surface area contributed by atoms with Gasteiger partial charge in [0.05, 0.1) is 11.8 Å². The molecule has 29 heavy (non-hydrogen) atoms. The van der Waals surface area contributed by atoms with E-state index in [0.29, 0.717) is 12.8 Å². The smallest absolute Gasteiger partial charge is 0.310 e. The fourth-order valence-corrected chi connectivity index (χ4v) is 4.07. The second-order valence-corrected chi connectivity index (χ2v) is 9.51. The van der Waals surface area contributed by atoms with Gasteiger partial charge in [-0.15, -0.1) is 0 Å². The monoisotopic (exact) mass is 408 g/mol. The molecule has 1 aliphatic carbocycles. The molecule has 168 valence electrons. The van der Waals surface area contributed by atoms with Crippen molar-refractivity contribution >= 4 is 11.9 Å². The van der Waals surface area contributed by atoms with Crippen LogP contribution in [0.25, 0.3) is 0 Å². The van der Waals surface area contributed by atoms with E-state index in [4.69, 9.17) is 4.74 Å². The van der Waals surface area contributed by atoms with Crippen molar-refractivity contribution in [2.24, 2.45) is 23.7 Å². The lowest BCUT2D eigenvalue weighted by molar-refractivity contribution is -0.164. The zero-order chi connectivity index (χ0) is 21.6. The number of unbranched alkanes of at least 4 members (excludes halogenated alkanes) is 7. The van der Waals surface area contributed by atoms with Crippen LogP contribution in [0, 0.1) is 23.7 Å². The molecule has 0 aromatic carbocycles. The highest BCUT2D eigenvalue weighted by Crippen LogP contribution is 2.29. The maximum absolute atomic E-state index is 12.6. The molecule has 0 aromatic heterocycles. The Morgan fingerprint density at radius 1 is 0.828 bits per heavy atom. The number of carbonyl (C=O) groups excluding carboxylic acids is 1. The molecule has 1 N–H and O–H groups in total. The Morgan fingerprint density at radius 3 is 1.79 bits per heavy atom. The van der Waals surface area contributed by atoms with Gasteiger partial charge in [-0.3, -0.25) is 9.59 Å². The topological polar surface area (TPSA) is 63.6 Å². The van der Waals surface area contributed by atoms with Gasteiger partial charge in [0.2, 0.25) is 0 Å². The summed E-state index contributed by atoms with van der Waals surface area (Å²) in [5.74, 6) is -1.36. The minimum Gasteiger partial charge on any atom is -0.481 e. The van der Waals surface area contributed by atoms with Crippen LogP contribution < -0.4 is 0 Å². The number of carboxylic acids is 1. The van der Waals surface area contributed by atoms with Crippen LogP contribution in [0.1, 0.15) is 105 Å². The van der Waals surface area contributed by atoms with Crippen molar-refractivity contribution in [1.29, 1.82) is 0 Å². The summed E-state index contributed by atoms with van der Waals surface area (Å²) in [4.78, 5) is 24.0. The van der Waals surface area contributed by atoms with E-state index < -0.39 is 17.8 Å². The number of hydrogen-bond acceptors (Lipinski definition) is 3. The number of carbonyl (C=O) groups is 2. The Balaban J connectivity index is 2.24. The van der Waals surface area contributed by atoms with E-state index in [0.717, 1.165) is 18.8 Å². The van der Waals surface area contributed by atoms with Gasteiger partial charge >= 0.3 is 11.9 Å². The molecule has 0 saturated carbocycles. The fraction of sp³-hybridized carbons (Fsp3) is 0.840. The van der Waals surface area contributed by atoms with Crippen molar-refractivity contribution in [2.45, 2.75) is 111 Å². The normalized spacial score (nSPS) is 20.2. The molecule has 0 amide bonds. The average Bonchev–Trinajstić information content (AvgIpc) is 2.67. The summed E-state index contributed by atoms with van der Waals surface area (Å²) >= 11 is 0. The molecule has 0 radical (unpaired) electrons. The first-order chi connectivity index (χ1) is 13.8. The first-order valence-electron chi connectivity index (χ1n) is 11.9. The third kappa shape index (κ3) is 10.9. The minimum absolute atomic E-state index is 0.112. The van der Waals surface area contributed by atoms with Gasteiger partial charge < -0.3 is 9.84 Å². The van der Waals surface area contributed by atoms with E-state index in [1.807, 2.05) is 12.2 Å². The van der Waals surface area contributed by atoms with E-state index in [2.05, 4.69) is 27.7 Å². The van der Waals surface area contributed by atoms with E-state index in [1.54, 1.807) is 0 Å². The first kappa shape index (κ1) is 25.7. The van der Waals surface area contributed by atoms with Crippen LogP contribution in [-0.4, -0.2) is 23.1 Å². The summed E-state index contributed by atoms with van der Waals surface area (Å²) in [6.07, 6.45) is 16.9. The summed E-state index contributed by atoms with van der Waals surface area (Å²) in [6, 6.07) is 0. The number of allylic oxidation sites excluding steroid dienone is 2. The molecule has 0 spiro atoms. The van der Waals surface area contributed by atoms with E-state index >= 15 is 0 Å². The molecular formula is C25H44O4. The highest BCUT2D eigenvalue weighted by atomic mass is 16.5. The highest BCUT2D eigenvalue weighted by molar-refractivity contribution is 5.81. The van der Waals surface area contributed by atoms with E-state index in [9.17, 15) is 14.7 Å². The number of esters is 1. The largest absolute Gasteiger partial charge is 0.481 e. The fourth-order valence-electron chi connectivity index (χ4n) is 4.07. The quantitative estimate of drug-likeness (QED) is 0.184. The molecule has 0 saturated heterocycles. The highest BCUT2D eigenvalue weighted by Gasteiger charge is 2.36. The van der Waals surface area contributed by atoms with Crippen LogP contribution in [0.15, 0.2) is 12.2 Å². The predicted octanol–water partition coefficient (Wildman–Crippen LogP) is 6.78. The summed E-state index contributed by atoms with van der Waals surface area (Å²) in [7, 11) is 0. The van der Waals surface area contributed by atoms with Gasteiger partial charge in [-0.25, -0.2) is 0 Å². The van der Waals surface area contributed by atoms with Crippen LogP contribution in [0.5, 0.6) is 0 Å². The number of aliphatic carboxylic acids is 1. The second-order valence-electron chi connectivity index (χ2n) is 9.51. The number of carboxylic acid groups (broad SMARTS) is 1. The van der Waals surface area contributed by atoms with Crippen molar-refractivity contribution < 1.29 is 19.4 Å². The van der Waals surface area contributed by atoms with Crippen LogP contribution in [0.2, 0.25) is 0 Å². The molecule has 0 bridgehead atoms. The molecule has 0 heterocycles. The third-order valence-corrected chi connectivity index (χ3v) is 6.08. The zero-order valence-corrected chi connectivity index (χ0v) is 19.2. The lowest BCUT2D eigenvalue weighted by atomic mass is 9.83. The Labute approximate surface area is 178 Å². The zero-order valence-electron chi connectivity index (χ0n) is 19.2. The number of hydrogen-bond donors (Lipinski definition) is 1. The molecule has 4 nitrogen and oxygen atoms in total. The average molecular weight is 409 g/mol. The summed E-state index contributed by atoms with van der Waals surface area (Å²) in [6.45, 7) is 8.73. The maximum Gasteiger partial charge on any atom is 0.310 e. The molecule has 0 fully saturated rings. The molecule has 0 aromatic rings. The lowest BCUT2D eigenvalue weighted by Crippen LogP contribution is -2.35. The van der Waals surface area contributed by atoms with E-state index in [-0.39, 0.29) is 18.0 Å². The maximum atomic E-state index is 12.6. The van der Waals surface area contributed by atoms with Gasteiger partial charge in [-0.1, -0.05) is 91.2 Å². The molecule has 1 aliphatic rings.